The van der Waals surface area contributed by atoms with Crippen molar-refractivity contribution in [2.24, 2.45) is 7.05 Å². The molecule has 0 fully saturated rings. The smallest absolute Gasteiger partial charge is 0.337 e. The van der Waals surface area contributed by atoms with Crippen molar-refractivity contribution in [3.05, 3.63) is 59.3 Å². The highest BCUT2D eigenvalue weighted by Gasteiger charge is 2.19. The Kier molecular flexibility index (Phi) is 5.01. The van der Waals surface area contributed by atoms with Crippen LogP contribution in [0.15, 0.2) is 42.5 Å². The molecule has 3 rings (SSSR count). The molecule has 148 valence electrons. The van der Waals surface area contributed by atoms with Gasteiger partial charge < -0.3 is 15.0 Å². The van der Waals surface area contributed by atoms with Gasteiger partial charge in [-0.1, -0.05) is 12.1 Å². The molecule has 1 aromatic heterocycles. The summed E-state index contributed by atoms with van der Waals surface area (Å²) in [5, 5.41) is 21.5. The van der Waals surface area contributed by atoms with Crippen LogP contribution in [0.25, 0.3) is 10.9 Å². The number of aromatic carboxylic acids is 1. The van der Waals surface area contributed by atoms with Gasteiger partial charge in [-0.3, -0.25) is 9.52 Å². The Morgan fingerprint density at radius 2 is 1.86 bits per heavy atom. The fraction of sp³-hybridized carbons (Fsp3) is 0.105. The van der Waals surface area contributed by atoms with Crippen molar-refractivity contribution in [3.8, 4) is 6.07 Å². The number of carbonyl (C=O) groups is 2. The van der Waals surface area contributed by atoms with Gasteiger partial charge in [0.15, 0.2) is 0 Å². The molecule has 0 saturated heterocycles. The van der Waals surface area contributed by atoms with E-state index in [0.29, 0.717) is 16.6 Å². The van der Waals surface area contributed by atoms with E-state index in [1.807, 2.05) is 6.07 Å². The summed E-state index contributed by atoms with van der Waals surface area (Å²) in [6.45, 7) is 0. The average molecular weight is 412 g/mol. The first-order valence-corrected chi connectivity index (χ1v) is 10.1. The summed E-state index contributed by atoms with van der Waals surface area (Å²) < 4.78 is 27.2. The minimum atomic E-state index is -3.52. The zero-order valence-electron chi connectivity index (χ0n) is 15.4. The number of nitrogens with one attached hydrogen (secondary N) is 2. The minimum Gasteiger partial charge on any atom is -0.478 e. The Morgan fingerprint density at radius 3 is 2.48 bits per heavy atom. The quantitative estimate of drug-likeness (QED) is 0.587. The lowest BCUT2D eigenvalue weighted by molar-refractivity contribution is 0.0698. The van der Waals surface area contributed by atoms with Gasteiger partial charge in [-0.25, -0.2) is 13.2 Å². The third kappa shape index (κ3) is 4.04. The Balaban J connectivity index is 2.03. The van der Waals surface area contributed by atoms with E-state index in [9.17, 15) is 23.1 Å². The number of nitrogens with zero attached hydrogens (tertiary/aromatic N) is 2. The van der Waals surface area contributed by atoms with Crippen LogP contribution >= 0.6 is 0 Å². The molecule has 0 aliphatic carbocycles. The molecule has 0 aliphatic rings. The van der Waals surface area contributed by atoms with Crippen molar-refractivity contribution in [3.63, 3.8) is 0 Å². The standard InChI is InChI=1S/C19H16N4O5S/c1-23-16(9-12-4-3-5-15(17(12)23)22-29(2,27)28)18(24)21-14-7-6-11(10-20)8-13(14)19(25)26/h3-9,22H,1-2H3,(H,21,24)(H,25,26). The van der Waals surface area contributed by atoms with Crippen LogP contribution < -0.4 is 10.0 Å². The number of hydrogen-bond donors (Lipinski definition) is 3. The van der Waals surface area contributed by atoms with Gasteiger partial charge in [0.05, 0.1) is 40.3 Å². The number of amides is 1. The monoisotopic (exact) mass is 412 g/mol. The maximum atomic E-state index is 12.8. The van der Waals surface area contributed by atoms with E-state index in [1.165, 1.54) is 22.8 Å². The summed E-state index contributed by atoms with van der Waals surface area (Å²) in [4.78, 5) is 24.3. The first-order valence-electron chi connectivity index (χ1n) is 8.25. The number of nitriles is 1. The van der Waals surface area contributed by atoms with Crippen LogP contribution in [0.2, 0.25) is 0 Å². The van der Waals surface area contributed by atoms with Crippen molar-refractivity contribution < 1.29 is 23.1 Å². The molecule has 0 radical (unpaired) electrons. The zero-order valence-corrected chi connectivity index (χ0v) is 16.2. The van der Waals surface area contributed by atoms with E-state index in [4.69, 9.17) is 5.26 Å². The van der Waals surface area contributed by atoms with Crippen LogP contribution in [0.5, 0.6) is 0 Å². The normalized spacial score (nSPS) is 11.1. The Labute approximate surface area is 166 Å². The predicted octanol–water partition coefficient (Wildman–Crippen LogP) is 2.37. The first kappa shape index (κ1) is 19.9. The number of carboxylic acids is 1. The fourth-order valence-corrected chi connectivity index (χ4v) is 3.57. The molecule has 1 amide bonds. The number of rotatable bonds is 5. The summed E-state index contributed by atoms with van der Waals surface area (Å²) in [6.07, 6.45) is 1.03. The molecule has 0 saturated carbocycles. The first-order chi connectivity index (χ1) is 13.6. The second-order valence-electron chi connectivity index (χ2n) is 6.34. The van der Waals surface area contributed by atoms with Crippen LogP contribution in [0.4, 0.5) is 11.4 Å². The molecule has 0 bridgehead atoms. The second-order valence-corrected chi connectivity index (χ2v) is 8.09. The van der Waals surface area contributed by atoms with Crippen LogP contribution in [0, 0.1) is 11.3 Å². The van der Waals surface area contributed by atoms with E-state index in [-0.39, 0.29) is 22.5 Å². The number of fused-ring (bicyclic) bond motifs is 1. The van der Waals surface area contributed by atoms with Gasteiger partial charge in [0, 0.05) is 12.4 Å². The molecule has 1 heterocycles. The maximum absolute atomic E-state index is 12.8. The third-order valence-corrected chi connectivity index (χ3v) is 4.80. The number of hydrogen-bond acceptors (Lipinski definition) is 5. The number of anilines is 2. The average Bonchev–Trinajstić information content (AvgIpc) is 2.98. The van der Waals surface area contributed by atoms with E-state index < -0.39 is 21.9 Å². The van der Waals surface area contributed by atoms with E-state index in [1.54, 1.807) is 31.3 Å². The van der Waals surface area contributed by atoms with Gasteiger partial charge >= 0.3 is 5.97 Å². The Morgan fingerprint density at radius 1 is 1.14 bits per heavy atom. The Hall–Kier alpha value is -3.84. The lowest BCUT2D eigenvalue weighted by atomic mass is 10.1. The van der Waals surface area contributed by atoms with Crippen LogP contribution in [0.1, 0.15) is 26.4 Å². The van der Waals surface area contributed by atoms with E-state index in [0.717, 1.165) is 6.26 Å². The number of para-hydroxylation sites is 1. The van der Waals surface area contributed by atoms with Crippen molar-refractivity contribution in [2.45, 2.75) is 0 Å². The van der Waals surface area contributed by atoms with E-state index >= 15 is 0 Å². The lowest BCUT2D eigenvalue weighted by Crippen LogP contribution is -2.18. The van der Waals surface area contributed by atoms with Gasteiger partial charge in [-0.15, -0.1) is 0 Å². The van der Waals surface area contributed by atoms with Gasteiger partial charge in [-0.2, -0.15) is 5.26 Å². The Bertz CT molecular complexity index is 1300. The fourth-order valence-electron chi connectivity index (χ4n) is 3.00. The number of sulfonamides is 1. The molecule has 0 spiro atoms. The SMILES string of the molecule is Cn1c(C(=O)Nc2ccc(C#N)cc2C(=O)O)cc2cccc(NS(C)(=O)=O)c21. The maximum Gasteiger partial charge on any atom is 0.337 e. The van der Waals surface area contributed by atoms with Crippen LogP contribution in [-0.4, -0.2) is 36.2 Å². The zero-order chi connectivity index (χ0) is 21.3. The van der Waals surface area contributed by atoms with Crippen molar-refractivity contribution >= 4 is 44.2 Å². The van der Waals surface area contributed by atoms with Crippen molar-refractivity contribution in [1.29, 1.82) is 5.26 Å². The van der Waals surface area contributed by atoms with Gasteiger partial charge in [0.1, 0.15) is 5.69 Å². The highest BCUT2D eigenvalue weighted by Crippen LogP contribution is 2.28. The van der Waals surface area contributed by atoms with Crippen LogP contribution in [0.3, 0.4) is 0 Å². The summed E-state index contributed by atoms with van der Waals surface area (Å²) in [5.74, 6) is -1.87. The van der Waals surface area contributed by atoms with Crippen molar-refractivity contribution in [1.82, 2.24) is 4.57 Å². The molecule has 3 N–H and O–H groups in total. The molecular formula is C19H16N4O5S. The van der Waals surface area contributed by atoms with Crippen molar-refractivity contribution in [2.75, 3.05) is 16.3 Å². The molecular weight excluding hydrogens is 396 g/mol. The molecule has 0 atom stereocenters. The number of aryl methyl sites for hydroxylation is 1. The van der Waals surface area contributed by atoms with Gasteiger partial charge in [-0.05, 0) is 30.3 Å². The number of benzene rings is 2. The number of aromatic nitrogens is 1. The van der Waals surface area contributed by atoms with Gasteiger partial charge in [0.25, 0.3) is 5.91 Å². The molecule has 10 heteroatoms. The largest absolute Gasteiger partial charge is 0.478 e. The molecule has 9 nitrogen and oxygen atoms in total. The topological polar surface area (TPSA) is 141 Å². The number of carbonyl (C=O) groups excluding carboxylic acids is 1. The third-order valence-electron chi connectivity index (χ3n) is 4.21. The molecule has 3 aromatic rings. The molecule has 0 unspecified atom stereocenters. The molecule has 29 heavy (non-hydrogen) atoms. The summed E-state index contributed by atoms with van der Waals surface area (Å²) in [6, 6.07) is 12.3. The van der Waals surface area contributed by atoms with Crippen LogP contribution in [-0.2, 0) is 17.1 Å². The summed E-state index contributed by atoms with van der Waals surface area (Å²) >= 11 is 0. The minimum absolute atomic E-state index is 0.0428. The molecule has 0 aliphatic heterocycles. The summed E-state index contributed by atoms with van der Waals surface area (Å²) in [7, 11) is -1.92. The van der Waals surface area contributed by atoms with Gasteiger partial charge in [0.2, 0.25) is 10.0 Å². The molecule has 2 aromatic carbocycles. The highest BCUT2D eigenvalue weighted by atomic mass is 32.2. The highest BCUT2D eigenvalue weighted by molar-refractivity contribution is 7.92. The predicted molar refractivity (Wildman–Crippen MR) is 107 cm³/mol. The summed E-state index contributed by atoms with van der Waals surface area (Å²) in [5.41, 5.74) is 0.999. The second kappa shape index (κ2) is 7.29. The number of carboxylic acid groups (broad SMARTS) is 1. The lowest BCUT2D eigenvalue weighted by Gasteiger charge is -2.11. The van der Waals surface area contributed by atoms with E-state index in [2.05, 4.69) is 10.0 Å².